The second-order valence-corrected chi connectivity index (χ2v) is 6.69. The van der Waals surface area contributed by atoms with Crippen molar-refractivity contribution in [1.82, 2.24) is 0 Å². The van der Waals surface area contributed by atoms with E-state index in [4.69, 9.17) is 13.0 Å². The summed E-state index contributed by atoms with van der Waals surface area (Å²) in [5, 5.41) is 0. The number of rotatable bonds is 3. The van der Waals surface area contributed by atoms with Crippen molar-refractivity contribution in [3.63, 3.8) is 0 Å². The van der Waals surface area contributed by atoms with E-state index < -0.39 is 15.6 Å². The molecular weight excluding hydrogens is 253 g/mol. The first-order chi connectivity index (χ1) is 6.52. The summed E-state index contributed by atoms with van der Waals surface area (Å²) in [5.41, 5.74) is -5.65. The minimum atomic E-state index is -6.09. The minimum absolute atomic E-state index is 0.685. The molecule has 15 heavy (non-hydrogen) atoms. The summed E-state index contributed by atoms with van der Waals surface area (Å²) < 4.78 is 58.9. The molecule has 0 bridgehead atoms. The van der Waals surface area contributed by atoms with Crippen LogP contribution >= 0.6 is 0 Å². The lowest BCUT2D eigenvalue weighted by molar-refractivity contribution is -0.0517. The number of halogens is 3. The molecule has 0 atom stereocenters. The summed E-state index contributed by atoms with van der Waals surface area (Å²) in [7, 11) is -5.41. The molecule has 0 aromatic rings. The molecule has 0 amide bonds. The van der Waals surface area contributed by atoms with E-state index in [9.17, 15) is 13.2 Å². The molecule has 0 aromatic carbocycles. The van der Waals surface area contributed by atoms with E-state index in [0.717, 1.165) is 0 Å². The zero-order valence-corrected chi connectivity index (χ0v) is 10.4. The molecule has 3 nitrogen and oxygen atoms in total. The average Bonchev–Trinajstić information content (AvgIpc) is 1.98. The Morgan fingerprint density at radius 2 is 1.60 bits per heavy atom. The van der Waals surface area contributed by atoms with E-state index in [1.807, 2.05) is 0 Å². The second kappa shape index (κ2) is 7.34. The largest absolute Gasteiger partial charge is 0.741 e. The van der Waals surface area contributed by atoms with Gasteiger partial charge < -0.3 is 4.55 Å². The van der Waals surface area contributed by atoms with Crippen LogP contribution in [0.1, 0.15) is 19.8 Å². The maximum Gasteiger partial charge on any atom is 0.485 e. The highest BCUT2D eigenvalue weighted by molar-refractivity contribution is 7.95. The molecule has 0 fully saturated rings. The third-order valence-electron chi connectivity index (χ3n) is 1.19. The van der Waals surface area contributed by atoms with Gasteiger partial charge in [0.25, 0.3) is 0 Å². The molecule has 0 unspecified atom stereocenters. The molecule has 0 aliphatic heterocycles. The quantitative estimate of drug-likeness (QED) is 0.445. The van der Waals surface area contributed by atoms with E-state index in [-0.39, 0.29) is 0 Å². The first kappa shape index (κ1) is 17.4. The average molecular weight is 268 g/mol. The molecule has 0 aliphatic carbocycles. The third kappa shape index (κ3) is 12.0. The first-order valence-electron chi connectivity index (χ1n) is 4.08. The summed E-state index contributed by atoms with van der Waals surface area (Å²) in [5.74, 6) is 1.43. The van der Waals surface area contributed by atoms with Gasteiger partial charge >= 0.3 is 5.51 Å². The van der Waals surface area contributed by atoms with Gasteiger partial charge in [-0.1, -0.05) is 13.3 Å². The summed E-state index contributed by atoms with van der Waals surface area (Å²) in [6.45, 7) is 2.24. The van der Waals surface area contributed by atoms with Crippen LogP contribution in [0.5, 0.6) is 0 Å². The van der Waals surface area contributed by atoms with E-state index in [2.05, 4.69) is 19.4 Å². The van der Waals surface area contributed by atoms with Crippen LogP contribution in [0.15, 0.2) is 0 Å². The SMILES string of the molecule is CCCC[S+](C)C.O=S(=O)([O-])C(F)(F)F. The first-order valence-corrected chi connectivity index (χ1v) is 7.70. The van der Waals surface area contributed by atoms with Crippen molar-refractivity contribution < 1.29 is 26.1 Å². The van der Waals surface area contributed by atoms with Gasteiger partial charge in [0, 0.05) is 0 Å². The highest BCUT2D eigenvalue weighted by Gasteiger charge is 2.36. The van der Waals surface area contributed by atoms with Crippen LogP contribution in [0.25, 0.3) is 0 Å². The monoisotopic (exact) mass is 268 g/mol. The topological polar surface area (TPSA) is 57.2 Å². The molecule has 0 radical (unpaired) electrons. The fourth-order valence-electron chi connectivity index (χ4n) is 0.433. The third-order valence-corrected chi connectivity index (χ3v) is 2.86. The van der Waals surface area contributed by atoms with Gasteiger partial charge in [-0.05, 0) is 17.3 Å². The molecule has 0 spiro atoms. The predicted octanol–water partition coefficient (Wildman–Crippen LogP) is 1.72. The van der Waals surface area contributed by atoms with Crippen molar-refractivity contribution in [2.45, 2.75) is 25.3 Å². The van der Waals surface area contributed by atoms with Gasteiger partial charge in [-0.2, -0.15) is 13.2 Å². The second-order valence-electron chi connectivity index (χ2n) is 2.94. The Morgan fingerprint density at radius 1 is 1.27 bits per heavy atom. The zero-order chi connectivity index (χ0) is 12.7. The Morgan fingerprint density at radius 3 is 1.67 bits per heavy atom. The van der Waals surface area contributed by atoms with E-state index >= 15 is 0 Å². The van der Waals surface area contributed by atoms with Crippen LogP contribution < -0.4 is 0 Å². The lowest BCUT2D eigenvalue weighted by Crippen LogP contribution is -2.21. The van der Waals surface area contributed by atoms with Gasteiger partial charge in [-0.25, -0.2) is 8.42 Å². The molecule has 0 rings (SSSR count). The predicted molar refractivity (Wildman–Crippen MR) is 54.7 cm³/mol. The van der Waals surface area contributed by atoms with Gasteiger partial charge in [-0.3, -0.25) is 0 Å². The summed E-state index contributed by atoms with van der Waals surface area (Å²) >= 11 is 0. The fourth-order valence-corrected chi connectivity index (χ4v) is 1.30. The number of unbranched alkanes of at least 4 members (excludes halogenated alkanes) is 1. The van der Waals surface area contributed by atoms with Crippen molar-refractivity contribution in [3.8, 4) is 0 Å². The van der Waals surface area contributed by atoms with Gasteiger partial charge in [0.15, 0.2) is 10.1 Å². The van der Waals surface area contributed by atoms with Crippen molar-refractivity contribution in [1.29, 1.82) is 0 Å². The van der Waals surface area contributed by atoms with Crippen LogP contribution in [-0.2, 0) is 21.0 Å². The summed E-state index contributed by atoms with van der Waals surface area (Å²) in [6, 6.07) is 0. The van der Waals surface area contributed by atoms with E-state index in [1.54, 1.807) is 0 Å². The molecule has 0 saturated heterocycles. The zero-order valence-electron chi connectivity index (χ0n) is 8.80. The Hall–Kier alpha value is 0.0500. The number of hydrogen-bond donors (Lipinski definition) is 0. The fraction of sp³-hybridized carbons (Fsp3) is 1.00. The van der Waals surface area contributed by atoms with Gasteiger partial charge in [0.2, 0.25) is 0 Å². The molecule has 0 N–H and O–H groups in total. The van der Waals surface area contributed by atoms with Crippen LogP contribution in [0.2, 0.25) is 0 Å². The summed E-state index contributed by atoms with van der Waals surface area (Å²) in [6.07, 6.45) is 7.37. The Kier molecular flexibility index (Phi) is 8.54. The molecular formula is C7H15F3O3S2. The number of hydrogen-bond acceptors (Lipinski definition) is 3. The van der Waals surface area contributed by atoms with Crippen molar-refractivity contribution in [3.05, 3.63) is 0 Å². The Balaban J connectivity index is 0. The molecule has 0 heterocycles. The van der Waals surface area contributed by atoms with Crippen molar-refractivity contribution in [2.24, 2.45) is 0 Å². The van der Waals surface area contributed by atoms with Crippen LogP contribution in [0, 0.1) is 0 Å². The Bertz CT molecular complexity index is 247. The normalized spacial score (nSPS) is 12.3. The van der Waals surface area contributed by atoms with Crippen molar-refractivity contribution >= 4 is 21.0 Å². The lowest BCUT2D eigenvalue weighted by Gasteiger charge is -2.08. The van der Waals surface area contributed by atoms with Crippen LogP contribution in [0.3, 0.4) is 0 Å². The molecule has 8 heteroatoms. The highest BCUT2D eigenvalue weighted by Crippen LogP contribution is 2.20. The van der Waals surface area contributed by atoms with Gasteiger partial charge in [0.05, 0.1) is 12.5 Å². The van der Waals surface area contributed by atoms with Crippen molar-refractivity contribution in [2.75, 3.05) is 18.3 Å². The summed E-state index contributed by atoms with van der Waals surface area (Å²) in [4.78, 5) is 0. The van der Waals surface area contributed by atoms with Crippen LogP contribution in [0.4, 0.5) is 13.2 Å². The Labute approximate surface area is 91.2 Å². The standard InChI is InChI=1S/C6H15S.CHF3O3S/c1-4-5-6-7(2)3;2-1(3,4)8(5,6)7/h4-6H2,1-3H3;(H,5,6,7)/q+1;/p-1. The van der Waals surface area contributed by atoms with E-state index in [0.29, 0.717) is 10.9 Å². The van der Waals surface area contributed by atoms with Gasteiger partial charge in [0.1, 0.15) is 5.75 Å². The molecule has 0 saturated carbocycles. The highest BCUT2D eigenvalue weighted by atomic mass is 32.2. The van der Waals surface area contributed by atoms with E-state index in [1.165, 1.54) is 18.6 Å². The smallest absolute Gasteiger partial charge is 0.485 e. The maximum atomic E-state index is 10.7. The number of alkyl halides is 3. The maximum absolute atomic E-state index is 10.7. The minimum Gasteiger partial charge on any atom is -0.741 e. The van der Waals surface area contributed by atoms with Gasteiger partial charge in [-0.15, -0.1) is 0 Å². The lowest BCUT2D eigenvalue weighted by atomic mass is 10.4. The molecule has 0 aromatic heterocycles. The molecule has 94 valence electrons. The van der Waals surface area contributed by atoms with Crippen LogP contribution in [-0.4, -0.2) is 36.7 Å². The molecule has 0 aliphatic rings.